The molecule has 0 saturated heterocycles. The summed E-state index contributed by atoms with van der Waals surface area (Å²) in [5.41, 5.74) is 1.46. The van der Waals surface area contributed by atoms with Crippen LogP contribution >= 0.6 is 22.9 Å². The molecule has 0 N–H and O–H groups in total. The summed E-state index contributed by atoms with van der Waals surface area (Å²) in [5.74, 6) is 1.34. The van der Waals surface area contributed by atoms with Crippen molar-refractivity contribution in [1.82, 2.24) is 9.88 Å². The molecular weight excluding hydrogens is 408 g/mol. The first-order valence-corrected chi connectivity index (χ1v) is 10.6. The van der Waals surface area contributed by atoms with Crippen molar-refractivity contribution in [2.75, 3.05) is 13.7 Å². The van der Waals surface area contributed by atoms with Crippen molar-refractivity contribution in [1.29, 1.82) is 0 Å². The van der Waals surface area contributed by atoms with E-state index in [1.165, 1.54) is 11.3 Å². The summed E-state index contributed by atoms with van der Waals surface area (Å²) in [5, 5.41) is 3.46. The number of carbonyl (C=O) groups excluding carboxylic acids is 1. The van der Waals surface area contributed by atoms with Gasteiger partial charge in [0.15, 0.2) is 0 Å². The standard InChI is InChI=1S/C22H23ClN2O3S/c1-3-10-25(22(26)16-6-4-8-19(11-16)27-2)13-18-15-29-21(24-18)14-28-20-9-5-7-17(23)12-20/h4-9,11-12,15H,3,10,13-14H2,1-2H3. The highest BCUT2D eigenvalue weighted by molar-refractivity contribution is 7.09. The number of carbonyl (C=O) groups is 1. The van der Waals surface area contributed by atoms with E-state index in [1.54, 1.807) is 31.4 Å². The van der Waals surface area contributed by atoms with Crippen molar-refractivity contribution in [3.63, 3.8) is 0 Å². The summed E-state index contributed by atoms with van der Waals surface area (Å²) < 4.78 is 11.0. The lowest BCUT2D eigenvalue weighted by molar-refractivity contribution is 0.0741. The Morgan fingerprint density at radius 1 is 1.17 bits per heavy atom. The van der Waals surface area contributed by atoms with Crippen molar-refractivity contribution in [2.24, 2.45) is 0 Å². The van der Waals surface area contributed by atoms with Crippen molar-refractivity contribution in [2.45, 2.75) is 26.5 Å². The van der Waals surface area contributed by atoms with Crippen LogP contribution in [0.2, 0.25) is 5.02 Å². The Morgan fingerprint density at radius 2 is 1.97 bits per heavy atom. The van der Waals surface area contributed by atoms with Gasteiger partial charge in [0.05, 0.1) is 19.3 Å². The minimum atomic E-state index is -0.0320. The van der Waals surface area contributed by atoms with Crippen LogP contribution in [0.1, 0.15) is 34.4 Å². The fourth-order valence-corrected chi connectivity index (χ4v) is 3.72. The summed E-state index contributed by atoms with van der Waals surface area (Å²) in [6.07, 6.45) is 0.866. The second-order valence-corrected chi connectivity index (χ2v) is 7.82. The Morgan fingerprint density at radius 3 is 2.72 bits per heavy atom. The summed E-state index contributed by atoms with van der Waals surface area (Å²) in [6.45, 7) is 3.53. The summed E-state index contributed by atoms with van der Waals surface area (Å²) in [7, 11) is 1.59. The second-order valence-electron chi connectivity index (χ2n) is 6.44. The van der Waals surface area contributed by atoms with E-state index in [0.29, 0.717) is 41.8 Å². The van der Waals surface area contributed by atoms with Gasteiger partial charge in [-0.25, -0.2) is 4.98 Å². The Balaban J connectivity index is 1.65. The van der Waals surface area contributed by atoms with E-state index in [9.17, 15) is 4.79 Å². The molecule has 1 heterocycles. The first-order valence-electron chi connectivity index (χ1n) is 9.34. The molecule has 7 heteroatoms. The quantitative estimate of drug-likeness (QED) is 0.453. The molecule has 1 aromatic heterocycles. The maximum Gasteiger partial charge on any atom is 0.254 e. The Kier molecular flexibility index (Phi) is 7.49. The van der Waals surface area contributed by atoms with Gasteiger partial charge in [0, 0.05) is 22.5 Å². The average molecular weight is 431 g/mol. The number of methoxy groups -OCH3 is 1. The maximum atomic E-state index is 13.0. The van der Waals surface area contributed by atoms with E-state index >= 15 is 0 Å². The van der Waals surface area contributed by atoms with Gasteiger partial charge in [0.25, 0.3) is 5.91 Å². The van der Waals surface area contributed by atoms with Crippen LogP contribution in [0.4, 0.5) is 0 Å². The van der Waals surface area contributed by atoms with E-state index in [4.69, 9.17) is 21.1 Å². The molecule has 0 bridgehead atoms. The normalized spacial score (nSPS) is 10.6. The number of amides is 1. The largest absolute Gasteiger partial charge is 0.497 e. The van der Waals surface area contributed by atoms with Crippen molar-refractivity contribution < 1.29 is 14.3 Å². The molecule has 5 nitrogen and oxygen atoms in total. The highest BCUT2D eigenvalue weighted by Gasteiger charge is 2.17. The Labute approximate surface area is 179 Å². The Hall–Kier alpha value is -2.57. The SMILES string of the molecule is CCCN(Cc1csc(COc2cccc(Cl)c2)n1)C(=O)c1cccc(OC)c1. The van der Waals surface area contributed by atoms with Crippen LogP contribution in [0.5, 0.6) is 11.5 Å². The molecule has 0 fully saturated rings. The minimum absolute atomic E-state index is 0.0320. The van der Waals surface area contributed by atoms with E-state index in [1.807, 2.05) is 34.5 Å². The van der Waals surface area contributed by atoms with Crippen LogP contribution in [0.15, 0.2) is 53.9 Å². The molecule has 0 spiro atoms. The van der Waals surface area contributed by atoms with E-state index in [0.717, 1.165) is 17.1 Å². The number of halogens is 1. The van der Waals surface area contributed by atoms with Gasteiger partial charge in [-0.15, -0.1) is 11.3 Å². The molecule has 0 aliphatic rings. The summed E-state index contributed by atoms with van der Waals surface area (Å²) in [6, 6.07) is 14.5. The van der Waals surface area contributed by atoms with Gasteiger partial charge in [0.2, 0.25) is 0 Å². The first-order chi connectivity index (χ1) is 14.1. The number of aromatic nitrogens is 1. The van der Waals surface area contributed by atoms with Crippen LogP contribution < -0.4 is 9.47 Å². The third-order valence-electron chi connectivity index (χ3n) is 4.21. The number of rotatable bonds is 9. The number of benzene rings is 2. The number of hydrogen-bond acceptors (Lipinski definition) is 5. The van der Waals surface area contributed by atoms with Crippen LogP contribution in [0, 0.1) is 0 Å². The zero-order valence-corrected chi connectivity index (χ0v) is 18.0. The number of thiazole rings is 1. The molecule has 3 aromatic rings. The highest BCUT2D eigenvalue weighted by Crippen LogP contribution is 2.21. The average Bonchev–Trinajstić information content (AvgIpc) is 3.19. The molecule has 29 heavy (non-hydrogen) atoms. The van der Waals surface area contributed by atoms with Gasteiger partial charge in [-0.05, 0) is 42.8 Å². The molecule has 0 aliphatic carbocycles. The van der Waals surface area contributed by atoms with Crippen molar-refractivity contribution in [3.8, 4) is 11.5 Å². The lowest BCUT2D eigenvalue weighted by atomic mass is 10.1. The molecule has 0 unspecified atom stereocenters. The van der Waals surface area contributed by atoms with E-state index in [-0.39, 0.29) is 5.91 Å². The molecule has 0 radical (unpaired) electrons. The van der Waals surface area contributed by atoms with Gasteiger partial charge in [0.1, 0.15) is 23.1 Å². The monoisotopic (exact) mass is 430 g/mol. The predicted molar refractivity (Wildman–Crippen MR) is 116 cm³/mol. The van der Waals surface area contributed by atoms with E-state index in [2.05, 4.69) is 11.9 Å². The second kappa shape index (κ2) is 10.3. The van der Waals surface area contributed by atoms with Gasteiger partial charge >= 0.3 is 0 Å². The fraction of sp³-hybridized carbons (Fsp3) is 0.273. The lowest BCUT2D eigenvalue weighted by Crippen LogP contribution is -2.31. The van der Waals surface area contributed by atoms with Crippen molar-refractivity contribution in [3.05, 3.63) is 75.2 Å². The third-order valence-corrected chi connectivity index (χ3v) is 5.31. The third kappa shape index (κ3) is 5.95. The maximum absolute atomic E-state index is 13.0. The van der Waals surface area contributed by atoms with Crippen LogP contribution in [0.25, 0.3) is 0 Å². The lowest BCUT2D eigenvalue weighted by Gasteiger charge is -2.21. The molecule has 0 saturated carbocycles. The molecule has 1 amide bonds. The fourth-order valence-electron chi connectivity index (χ4n) is 2.85. The smallest absolute Gasteiger partial charge is 0.254 e. The molecule has 3 rings (SSSR count). The van der Waals surface area contributed by atoms with Crippen molar-refractivity contribution >= 4 is 28.8 Å². The number of nitrogens with zero attached hydrogens (tertiary/aromatic N) is 2. The van der Waals surface area contributed by atoms with Crippen LogP contribution in [0.3, 0.4) is 0 Å². The summed E-state index contributed by atoms with van der Waals surface area (Å²) >= 11 is 7.50. The van der Waals surface area contributed by atoms with Crippen LogP contribution in [-0.2, 0) is 13.2 Å². The number of ether oxygens (including phenoxy) is 2. The predicted octanol–water partition coefficient (Wildman–Crippen LogP) is 5.44. The highest BCUT2D eigenvalue weighted by atomic mass is 35.5. The topological polar surface area (TPSA) is 51.7 Å². The molecule has 0 aliphatic heterocycles. The minimum Gasteiger partial charge on any atom is -0.497 e. The zero-order valence-electron chi connectivity index (χ0n) is 16.4. The molecular formula is C22H23ClN2O3S. The summed E-state index contributed by atoms with van der Waals surface area (Å²) in [4.78, 5) is 19.4. The molecule has 0 atom stereocenters. The molecule has 152 valence electrons. The van der Waals surface area contributed by atoms with Crippen LogP contribution in [-0.4, -0.2) is 29.4 Å². The number of hydrogen-bond donors (Lipinski definition) is 0. The Bertz CT molecular complexity index is 960. The van der Waals surface area contributed by atoms with Gasteiger partial charge in [-0.2, -0.15) is 0 Å². The zero-order chi connectivity index (χ0) is 20.6. The van der Waals surface area contributed by atoms with Gasteiger partial charge in [-0.1, -0.05) is 30.7 Å². The van der Waals surface area contributed by atoms with Gasteiger partial charge in [-0.3, -0.25) is 4.79 Å². The van der Waals surface area contributed by atoms with Gasteiger partial charge < -0.3 is 14.4 Å². The van der Waals surface area contributed by atoms with E-state index < -0.39 is 0 Å². The molecule has 2 aromatic carbocycles. The first kappa shape index (κ1) is 21.1.